The summed E-state index contributed by atoms with van der Waals surface area (Å²) in [5, 5.41) is 12.4. The zero-order valence-corrected chi connectivity index (χ0v) is 10.6. The molecule has 2 aromatic rings. The first-order valence-electron chi connectivity index (χ1n) is 5.02. The Bertz CT molecular complexity index is 635. The summed E-state index contributed by atoms with van der Waals surface area (Å²) in [6.45, 7) is 0. The Morgan fingerprint density at radius 2 is 1.94 bits per heavy atom. The van der Waals surface area contributed by atoms with Gasteiger partial charge in [0.25, 0.3) is 0 Å². The van der Waals surface area contributed by atoms with E-state index in [1.165, 1.54) is 12.1 Å². The molecule has 1 N–H and O–H groups in total. The minimum absolute atomic E-state index is 0.232. The number of benzene rings is 2. The number of halogens is 3. The van der Waals surface area contributed by atoms with Gasteiger partial charge in [-0.2, -0.15) is 5.26 Å². The SMILES string of the molecule is N#Cc1cc(F)cc(Nc2cccc(Cl)c2Cl)c1. The summed E-state index contributed by atoms with van der Waals surface area (Å²) in [4.78, 5) is 0. The number of nitrogens with one attached hydrogen (secondary N) is 1. The lowest BCUT2D eigenvalue weighted by Gasteiger charge is -2.09. The van der Waals surface area contributed by atoms with Crippen molar-refractivity contribution in [2.75, 3.05) is 5.32 Å². The highest BCUT2D eigenvalue weighted by Gasteiger charge is 2.06. The average molecular weight is 281 g/mol. The molecule has 0 atom stereocenters. The van der Waals surface area contributed by atoms with E-state index in [9.17, 15) is 4.39 Å². The Kier molecular flexibility index (Phi) is 3.71. The van der Waals surface area contributed by atoms with E-state index in [0.717, 1.165) is 6.07 Å². The van der Waals surface area contributed by atoms with Gasteiger partial charge in [0.1, 0.15) is 5.82 Å². The van der Waals surface area contributed by atoms with E-state index < -0.39 is 5.82 Å². The maximum atomic E-state index is 13.2. The summed E-state index contributed by atoms with van der Waals surface area (Å²) in [7, 11) is 0. The number of hydrogen-bond acceptors (Lipinski definition) is 2. The summed E-state index contributed by atoms with van der Waals surface area (Å²) in [5.41, 5.74) is 1.23. The first-order chi connectivity index (χ1) is 8.60. The van der Waals surface area contributed by atoms with Crippen molar-refractivity contribution in [3.63, 3.8) is 0 Å². The van der Waals surface area contributed by atoms with Gasteiger partial charge in [0, 0.05) is 5.69 Å². The molecule has 0 fully saturated rings. The van der Waals surface area contributed by atoms with E-state index in [-0.39, 0.29) is 5.56 Å². The average Bonchev–Trinajstić information content (AvgIpc) is 2.34. The number of anilines is 2. The molecule has 0 aliphatic heterocycles. The number of hydrogen-bond donors (Lipinski definition) is 1. The highest BCUT2D eigenvalue weighted by molar-refractivity contribution is 6.43. The van der Waals surface area contributed by atoms with Crippen LogP contribution in [0.2, 0.25) is 10.0 Å². The highest BCUT2D eigenvalue weighted by Crippen LogP contribution is 2.32. The lowest BCUT2D eigenvalue weighted by atomic mass is 10.2. The molecule has 0 unspecified atom stereocenters. The van der Waals surface area contributed by atoms with Crippen LogP contribution in [0.4, 0.5) is 15.8 Å². The van der Waals surface area contributed by atoms with Gasteiger partial charge in [-0.05, 0) is 30.3 Å². The second kappa shape index (κ2) is 5.26. The van der Waals surface area contributed by atoms with Gasteiger partial charge < -0.3 is 5.32 Å². The van der Waals surface area contributed by atoms with Crippen molar-refractivity contribution < 1.29 is 4.39 Å². The van der Waals surface area contributed by atoms with Crippen molar-refractivity contribution >= 4 is 34.6 Å². The molecule has 0 radical (unpaired) electrons. The van der Waals surface area contributed by atoms with Crippen molar-refractivity contribution in [3.8, 4) is 6.07 Å². The number of nitrogens with zero attached hydrogens (tertiary/aromatic N) is 1. The Hall–Kier alpha value is -1.76. The molecule has 0 spiro atoms. The smallest absolute Gasteiger partial charge is 0.126 e. The minimum atomic E-state index is -0.491. The zero-order chi connectivity index (χ0) is 13.1. The largest absolute Gasteiger partial charge is 0.354 e. The molecule has 0 heterocycles. The number of nitriles is 1. The molecule has 2 aromatic carbocycles. The second-order valence-corrected chi connectivity index (χ2v) is 4.35. The van der Waals surface area contributed by atoms with Crippen molar-refractivity contribution in [1.29, 1.82) is 5.26 Å². The van der Waals surface area contributed by atoms with E-state index in [1.54, 1.807) is 18.2 Å². The van der Waals surface area contributed by atoms with Crippen LogP contribution in [0.15, 0.2) is 36.4 Å². The van der Waals surface area contributed by atoms with Gasteiger partial charge in [0.2, 0.25) is 0 Å². The summed E-state index contributed by atoms with van der Waals surface area (Å²) in [5.74, 6) is -0.491. The van der Waals surface area contributed by atoms with E-state index in [0.29, 0.717) is 21.4 Å². The van der Waals surface area contributed by atoms with Crippen molar-refractivity contribution in [2.45, 2.75) is 0 Å². The third kappa shape index (κ3) is 2.73. The monoisotopic (exact) mass is 280 g/mol. The van der Waals surface area contributed by atoms with Crippen LogP contribution in [0.5, 0.6) is 0 Å². The Morgan fingerprint density at radius 1 is 1.17 bits per heavy atom. The summed E-state index contributed by atoms with van der Waals surface area (Å²) in [6.07, 6.45) is 0. The maximum Gasteiger partial charge on any atom is 0.126 e. The molecule has 18 heavy (non-hydrogen) atoms. The van der Waals surface area contributed by atoms with Crippen LogP contribution in [0.1, 0.15) is 5.56 Å². The van der Waals surface area contributed by atoms with Gasteiger partial charge in [-0.25, -0.2) is 4.39 Å². The van der Waals surface area contributed by atoms with Gasteiger partial charge in [-0.1, -0.05) is 29.3 Å². The Morgan fingerprint density at radius 3 is 2.67 bits per heavy atom. The van der Waals surface area contributed by atoms with E-state index in [4.69, 9.17) is 28.5 Å². The van der Waals surface area contributed by atoms with E-state index in [2.05, 4.69) is 5.32 Å². The third-order valence-corrected chi connectivity index (χ3v) is 3.08. The molecule has 0 aliphatic carbocycles. The lowest BCUT2D eigenvalue weighted by Crippen LogP contribution is -1.93. The molecule has 2 nitrogen and oxygen atoms in total. The summed E-state index contributed by atoms with van der Waals surface area (Å²) >= 11 is 11.9. The van der Waals surface area contributed by atoms with Crippen LogP contribution in [-0.4, -0.2) is 0 Å². The molecule has 0 saturated heterocycles. The normalized spacial score (nSPS) is 9.89. The van der Waals surface area contributed by atoms with Crippen molar-refractivity contribution in [3.05, 3.63) is 57.8 Å². The first kappa shape index (κ1) is 12.7. The minimum Gasteiger partial charge on any atom is -0.354 e. The molecular formula is C13H7Cl2FN2. The fourth-order valence-corrected chi connectivity index (χ4v) is 1.83. The fraction of sp³-hybridized carbons (Fsp3) is 0. The fourth-order valence-electron chi connectivity index (χ4n) is 1.48. The topological polar surface area (TPSA) is 35.8 Å². The van der Waals surface area contributed by atoms with Gasteiger partial charge in [0.15, 0.2) is 0 Å². The van der Waals surface area contributed by atoms with Crippen LogP contribution < -0.4 is 5.32 Å². The zero-order valence-electron chi connectivity index (χ0n) is 9.05. The molecular weight excluding hydrogens is 274 g/mol. The molecule has 90 valence electrons. The number of rotatable bonds is 2. The van der Waals surface area contributed by atoms with Gasteiger partial charge in [0.05, 0.1) is 27.4 Å². The van der Waals surface area contributed by atoms with Crippen LogP contribution in [-0.2, 0) is 0 Å². The quantitative estimate of drug-likeness (QED) is 0.862. The molecule has 0 aliphatic rings. The van der Waals surface area contributed by atoms with Crippen LogP contribution in [0, 0.1) is 17.1 Å². The van der Waals surface area contributed by atoms with Gasteiger partial charge in [-0.3, -0.25) is 0 Å². The summed E-state index contributed by atoms with van der Waals surface area (Å²) < 4.78 is 13.2. The summed E-state index contributed by atoms with van der Waals surface area (Å²) in [6, 6.07) is 10.9. The standard InChI is InChI=1S/C13H7Cl2FN2/c14-11-2-1-3-12(13(11)15)18-10-5-8(7-17)4-9(16)6-10/h1-6,18H. The molecule has 0 saturated carbocycles. The Labute approximate surface area is 114 Å². The highest BCUT2D eigenvalue weighted by atomic mass is 35.5. The van der Waals surface area contributed by atoms with Gasteiger partial charge >= 0.3 is 0 Å². The Balaban J connectivity index is 2.37. The predicted octanol–water partition coefficient (Wildman–Crippen LogP) is 4.75. The lowest BCUT2D eigenvalue weighted by molar-refractivity contribution is 0.628. The molecule has 5 heteroatoms. The maximum absolute atomic E-state index is 13.2. The molecule has 0 aromatic heterocycles. The molecule has 0 bridgehead atoms. The van der Waals surface area contributed by atoms with Crippen LogP contribution in [0.25, 0.3) is 0 Å². The van der Waals surface area contributed by atoms with Crippen molar-refractivity contribution in [2.24, 2.45) is 0 Å². The van der Waals surface area contributed by atoms with E-state index >= 15 is 0 Å². The van der Waals surface area contributed by atoms with Gasteiger partial charge in [-0.15, -0.1) is 0 Å². The van der Waals surface area contributed by atoms with E-state index in [1.807, 2.05) is 6.07 Å². The first-order valence-corrected chi connectivity index (χ1v) is 5.77. The second-order valence-electron chi connectivity index (χ2n) is 3.57. The van der Waals surface area contributed by atoms with Crippen LogP contribution in [0.3, 0.4) is 0 Å². The van der Waals surface area contributed by atoms with Crippen molar-refractivity contribution in [1.82, 2.24) is 0 Å². The van der Waals surface area contributed by atoms with Crippen LogP contribution >= 0.6 is 23.2 Å². The molecule has 0 amide bonds. The predicted molar refractivity (Wildman–Crippen MR) is 70.9 cm³/mol. The third-order valence-electron chi connectivity index (χ3n) is 2.26. The molecule has 2 rings (SSSR count).